The molecule has 1 aromatic heterocycles. The minimum atomic E-state index is -0.189. The molecule has 0 radical (unpaired) electrons. The molecule has 0 spiro atoms. The standard InChI is InChI=1S/C23H33FN6O/c24-21-11-5-4-10-20(21)22(23-25-26-27-30(23)17-19-9-6-16-31-19)29-14-12-28(13-15-29)18-7-2-1-3-8-18/h4-5,10-11,18-19,22H,1-3,6-9,12-17H2/p+2/t19-,22-/m0/s1. The molecule has 2 saturated heterocycles. The van der Waals surface area contributed by atoms with Gasteiger partial charge in [-0.15, -0.1) is 5.10 Å². The Kier molecular flexibility index (Phi) is 6.57. The maximum atomic E-state index is 15.0. The largest absolute Gasteiger partial charge is 0.376 e. The molecule has 3 fully saturated rings. The Hall–Kier alpha value is -1.90. The summed E-state index contributed by atoms with van der Waals surface area (Å²) in [4.78, 5) is 3.11. The van der Waals surface area contributed by atoms with Gasteiger partial charge in [0.15, 0.2) is 6.04 Å². The van der Waals surface area contributed by atoms with Gasteiger partial charge in [-0.05, 0) is 61.1 Å². The van der Waals surface area contributed by atoms with Crippen LogP contribution in [0.5, 0.6) is 0 Å². The number of halogens is 1. The van der Waals surface area contributed by atoms with Crippen LogP contribution in [0.15, 0.2) is 24.3 Å². The van der Waals surface area contributed by atoms with Crippen LogP contribution in [0, 0.1) is 5.82 Å². The molecule has 5 rings (SSSR count). The van der Waals surface area contributed by atoms with Crippen molar-refractivity contribution >= 4 is 0 Å². The molecule has 2 atom stereocenters. The highest BCUT2D eigenvalue weighted by Crippen LogP contribution is 2.22. The van der Waals surface area contributed by atoms with Crippen molar-refractivity contribution in [2.24, 2.45) is 0 Å². The Morgan fingerprint density at radius 2 is 1.84 bits per heavy atom. The van der Waals surface area contributed by atoms with E-state index in [-0.39, 0.29) is 18.0 Å². The van der Waals surface area contributed by atoms with Crippen molar-refractivity contribution in [3.8, 4) is 0 Å². The van der Waals surface area contributed by atoms with Gasteiger partial charge < -0.3 is 14.5 Å². The Bertz CT molecular complexity index is 840. The first-order chi connectivity index (χ1) is 15.3. The lowest BCUT2D eigenvalue weighted by Gasteiger charge is -2.38. The van der Waals surface area contributed by atoms with Gasteiger partial charge in [-0.25, -0.2) is 9.07 Å². The second-order valence-corrected chi connectivity index (χ2v) is 9.46. The first kappa shape index (κ1) is 21.0. The molecule has 1 aromatic carbocycles. The van der Waals surface area contributed by atoms with Crippen molar-refractivity contribution in [3.63, 3.8) is 0 Å². The topological polar surface area (TPSA) is 61.7 Å². The van der Waals surface area contributed by atoms with Gasteiger partial charge in [0, 0.05) is 6.61 Å². The summed E-state index contributed by atoms with van der Waals surface area (Å²) in [7, 11) is 0. The van der Waals surface area contributed by atoms with Crippen molar-refractivity contribution in [1.82, 2.24) is 20.2 Å². The highest BCUT2D eigenvalue weighted by molar-refractivity contribution is 5.24. The molecular formula is C23H35FN6O+2. The van der Waals surface area contributed by atoms with E-state index in [1.54, 1.807) is 17.0 Å². The Morgan fingerprint density at radius 3 is 2.58 bits per heavy atom. The van der Waals surface area contributed by atoms with Crippen LogP contribution in [0.2, 0.25) is 0 Å². The summed E-state index contributed by atoms with van der Waals surface area (Å²) < 4.78 is 22.6. The Morgan fingerprint density at radius 1 is 1.03 bits per heavy atom. The van der Waals surface area contributed by atoms with E-state index in [9.17, 15) is 4.39 Å². The normalized spacial score (nSPS) is 28.6. The van der Waals surface area contributed by atoms with Crippen LogP contribution in [0.25, 0.3) is 0 Å². The van der Waals surface area contributed by atoms with Gasteiger partial charge in [-0.1, -0.05) is 18.6 Å². The number of quaternary nitrogens is 2. The number of nitrogens with zero attached hydrogens (tertiary/aromatic N) is 4. The lowest BCUT2D eigenvalue weighted by atomic mass is 9.93. The predicted octanol–water partition coefficient (Wildman–Crippen LogP) is 0.197. The number of hydrogen-bond donors (Lipinski definition) is 2. The van der Waals surface area contributed by atoms with Gasteiger partial charge >= 0.3 is 0 Å². The van der Waals surface area contributed by atoms with Crippen LogP contribution >= 0.6 is 0 Å². The first-order valence-corrected chi connectivity index (χ1v) is 12.1. The van der Waals surface area contributed by atoms with Crippen LogP contribution in [-0.4, -0.2) is 65.1 Å². The van der Waals surface area contributed by atoms with E-state index in [1.807, 2.05) is 16.8 Å². The molecule has 1 aliphatic carbocycles. The van der Waals surface area contributed by atoms with Gasteiger partial charge in [0.25, 0.3) is 0 Å². The molecule has 7 nitrogen and oxygen atoms in total. The zero-order valence-corrected chi connectivity index (χ0v) is 18.3. The van der Waals surface area contributed by atoms with Gasteiger partial charge in [0.05, 0.1) is 24.3 Å². The fraction of sp³-hybridized carbons (Fsp3) is 0.696. The average Bonchev–Trinajstić information content (AvgIpc) is 3.49. The minimum Gasteiger partial charge on any atom is -0.376 e. The van der Waals surface area contributed by atoms with E-state index in [4.69, 9.17) is 4.74 Å². The van der Waals surface area contributed by atoms with Crippen LogP contribution in [-0.2, 0) is 11.3 Å². The van der Waals surface area contributed by atoms with Crippen molar-refractivity contribution < 1.29 is 18.9 Å². The highest BCUT2D eigenvalue weighted by atomic mass is 19.1. The average molecular weight is 431 g/mol. The quantitative estimate of drug-likeness (QED) is 0.687. The molecule has 0 amide bonds. The van der Waals surface area contributed by atoms with E-state index in [2.05, 4.69) is 15.5 Å². The second-order valence-electron chi connectivity index (χ2n) is 9.46. The van der Waals surface area contributed by atoms with Crippen LogP contribution in [0.3, 0.4) is 0 Å². The number of piperazine rings is 1. The highest BCUT2D eigenvalue weighted by Gasteiger charge is 2.39. The Labute approximate surface area is 183 Å². The summed E-state index contributed by atoms with van der Waals surface area (Å²) in [5, 5.41) is 12.7. The zero-order valence-electron chi connectivity index (χ0n) is 18.3. The Balaban J connectivity index is 1.38. The summed E-state index contributed by atoms with van der Waals surface area (Å²) in [5.74, 6) is 0.588. The molecule has 0 bridgehead atoms. The smallest absolute Gasteiger partial charge is 0.214 e. The number of rotatable bonds is 6. The van der Waals surface area contributed by atoms with Crippen molar-refractivity contribution in [2.45, 2.75) is 69.7 Å². The first-order valence-electron chi connectivity index (χ1n) is 12.1. The molecule has 2 aliphatic heterocycles. The number of tetrazole rings is 1. The van der Waals surface area contributed by atoms with Crippen LogP contribution < -0.4 is 9.80 Å². The molecule has 31 heavy (non-hydrogen) atoms. The summed E-state index contributed by atoms with van der Waals surface area (Å²) in [6.45, 7) is 5.74. The van der Waals surface area contributed by atoms with E-state index < -0.39 is 0 Å². The molecule has 2 aromatic rings. The fourth-order valence-electron chi connectivity index (χ4n) is 5.88. The summed E-state index contributed by atoms with van der Waals surface area (Å²) >= 11 is 0. The summed E-state index contributed by atoms with van der Waals surface area (Å²) in [5.41, 5.74) is 0.696. The van der Waals surface area contributed by atoms with Crippen molar-refractivity contribution in [3.05, 3.63) is 41.5 Å². The van der Waals surface area contributed by atoms with Gasteiger partial charge in [0.1, 0.15) is 32.0 Å². The third kappa shape index (κ3) is 4.66. The lowest BCUT2D eigenvalue weighted by molar-refractivity contribution is -1.03. The maximum absolute atomic E-state index is 15.0. The van der Waals surface area contributed by atoms with E-state index in [0.29, 0.717) is 12.1 Å². The molecule has 168 valence electrons. The SMILES string of the molecule is Fc1ccccc1[C@@H](c1nnnn1C[C@@H]1CCCO1)[NH+]1CC[NH+](C2CCCCC2)CC1. The fourth-order valence-corrected chi connectivity index (χ4v) is 5.88. The molecule has 8 heteroatoms. The zero-order chi connectivity index (χ0) is 21.0. The van der Waals surface area contributed by atoms with Crippen LogP contribution in [0.1, 0.15) is 62.4 Å². The molecule has 2 N–H and O–H groups in total. The van der Waals surface area contributed by atoms with Gasteiger partial charge in [0.2, 0.25) is 5.82 Å². The maximum Gasteiger partial charge on any atom is 0.214 e. The van der Waals surface area contributed by atoms with E-state index in [0.717, 1.165) is 57.5 Å². The number of nitrogens with one attached hydrogen (secondary N) is 2. The van der Waals surface area contributed by atoms with E-state index >= 15 is 0 Å². The van der Waals surface area contributed by atoms with Gasteiger partial charge in [-0.3, -0.25) is 0 Å². The summed E-state index contributed by atoms with van der Waals surface area (Å²) in [6, 6.07) is 7.75. The van der Waals surface area contributed by atoms with Crippen LogP contribution in [0.4, 0.5) is 4.39 Å². The van der Waals surface area contributed by atoms with E-state index in [1.165, 1.54) is 37.0 Å². The molecular weight excluding hydrogens is 395 g/mol. The number of ether oxygens (including phenoxy) is 1. The number of benzene rings is 1. The number of hydrogen-bond acceptors (Lipinski definition) is 4. The minimum absolute atomic E-state index is 0.145. The number of aromatic nitrogens is 4. The van der Waals surface area contributed by atoms with Crippen molar-refractivity contribution in [1.29, 1.82) is 0 Å². The molecule has 1 saturated carbocycles. The third-order valence-corrected chi connectivity index (χ3v) is 7.56. The molecule has 3 aliphatic rings. The lowest BCUT2D eigenvalue weighted by Crippen LogP contribution is -3.29. The summed E-state index contributed by atoms with van der Waals surface area (Å²) in [6.07, 6.45) is 9.12. The van der Waals surface area contributed by atoms with Gasteiger partial charge in [-0.2, -0.15) is 0 Å². The van der Waals surface area contributed by atoms with Crippen molar-refractivity contribution in [2.75, 3.05) is 32.8 Å². The third-order valence-electron chi connectivity index (χ3n) is 7.56. The predicted molar refractivity (Wildman–Crippen MR) is 113 cm³/mol. The molecule has 3 heterocycles. The second kappa shape index (κ2) is 9.71. The monoisotopic (exact) mass is 430 g/mol. The molecule has 0 unspecified atom stereocenters.